The van der Waals surface area contributed by atoms with E-state index in [1.165, 1.54) is 13.0 Å². The Hall–Kier alpha value is -0.590. The molecule has 0 spiro atoms. The highest BCUT2D eigenvalue weighted by molar-refractivity contribution is 4.88. The molecule has 3 nitrogen and oxygen atoms in total. The van der Waals surface area contributed by atoms with Gasteiger partial charge in [-0.25, -0.2) is 0 Å². The van der Waals surface area contributed by atoms with E-state index in [0.717, 1.165) is 6.54 Å². The predicted octanol–water partition coefficient (Wildman–Crippen LogP) is 0.924. The van der Waals surface area contributed by atoms with Crippen LogP contribution in [0.5, 0.6) is 0 Å². The zero-order valence-corrected chi connectivity index (χ0v) is 8.82. The topological polar surface area (TPSA) is 30.3 Å². The molecule has 74 valence electrons. The molecule has 0 N–H and O–H groups in total. The van der Waals surface area contributed by atoms with Gasteiger partial charge in [-0.05, 0) is 33.9 Å². The summed E-state index contributed by atoms with van der Waals surface area (Å²) in [5.74, 6) is 0. The summed E-state index contributed by atoms with van der Waals surface area (Å²) in [6, 6.07) is 3.32. The van der Waals surface area contributed by atoms with E-state index in [9.17, 15) is 0 Å². The smallest absolute Gasteiger partial charge is 0.0871 e. The summed E-state index contributed by atoms with van der Waals surface area (Å²) >= 11 is 0. The SMILES string of the molecule is CC(C)N(CC#N)C1CCN(C)C1. The molecule has 3 heteroatoms. The van der Waals surface area contributed by atoms with Crippen LogP contribution in [0.3, 0.4) is 0 Å². The van der Waals surface area contributed by atoms with Crippen LogP contribution in [-0.4, -0.2) is 48.6 Å². The molecule has 1 rings (SSSR count). The molecule has 1 aliphatic heterocycles. The van der Waals surface area contributed by atoms with Gasteiger partial charge in [0.1, 0.15) is 0 Å². The van der Waals surface area contributed by atoms with E-state index in [1.807, 2.05) is 0 Å². The summed E-state index contributed by atoms with van der Waals surface area (Å²) in [6.07, 6.45) is 1.20. The molecule has 0 aromatic carbocycles. The van der Waals surface area contributed by atoms with Gasteiger partial charge in [-0.1, -0.05) is 0 Å². The van der Waals surface area contributed by atoms with E-state index in [2.05, 4.69) is 36.8 Å². The highest BCUT2D eigenvalue weighted by Crippen LogP contribution is 2.15. The molecule has 0 aliphatic carbocycles. The predicted molar refractivity (Wildman–Crippen MR) is 53.4 cm³/mol. The van der Waals surface area contributed by atoms with Crippen molar-refractivity contribution < 1.29 is 0 Å². The van der Waals surface area contributed by atoms with E-state index in [4.69, 9.17) is 5.26 Å². The van der Waals surface area contributed by atoms with Gasteiger partial charge in [0.05, 0.1) is 12.6 Å². The summed E-state index contributed by atoms with van der Waals surface area (Å²) in [4.78, 5) is 4.63. The van der Waals surface area contributed by atoms with Crippen LogP contribution >= 0.6 is 0 Å². The number of rotatable bonds is 3. The first kappa shape index (κ1) is 10.5. The maximum atomic E-state index is 8.71. The molecule has 1 heterocycles. The Labute approximate surface area is 80.9 Å². The fourth-order valence-electron chi connectivity index (χ4n) is 2.00. The van der Waals surface area contributed by atoms with Crippen LogP contribution in [0.4, 0.5) is 0 Å². The zero-order valence-electron chi connectivity index (χ0n) is 8.82. The fraction of sp³-hybridized carbons (Fsp3) is 0.900. The van der Waals surface area contributed by atoms with Crippen molar-refractivity contribution >= 4 is 0 Å². The fourth-order valence-corrected chi connectivity index (χ4v) is 2.00. The van der Waals surface area contributed by atoms with Crippen molar-refractivity contribution in [1.29, 1.82) is 5.26 Å². The van der Waals surface area contributed by atoms with E-state index < -0.39 is 0 Å². The molecule has 1 saturated heterocycles. The number of likely N-dealkylation sites (tertiary alicyclic amines) is 1. The number of hydrogen-bond acceptors (Lipinski definition) is 3. The Morgan fingerprint density at radius 2 is 2.31 bits per heavy atom. The molecule has 1 aliphatic rings. The molecule has 0 aromatic heterocycles. The Bertz CT molecular complexity index is 195. The van der Waals surface area contributed by atoms with Gasteiger partial charge < -0.3 is 4.90 Å². The molecule has 0 radical (unpaired) electrons. The maximum Gasteiger partial charge on any atom is 0.0871 e. The summed E-state index contributed by atoms with van der Waals surface area (Å²) in [5, 5.41) is 8.71. The lowest BCUT2D eigenvalue weighted by atomic mass is 10.2. The lowest BCUT2D eigenvalue weighted by Crippen LogP contribution is -2.42. The average Bonchev–Trinajstić information content (AvgIpc) is 2.46. The van der Waals surface area contributed by atoms with Crippen LogP contribution < -0.4 is 0 Å². The second-order valence-corrected chi connectivity index (χ2v) is 4.13. The molecule has 0 amide bonds. The second kappa shape index (κ2) is 4.59. The first-order chi connectivity index (χ1) is 6.15. The maximum absolute atomic E-state index is 8.71. The van der Waals surface area contributed by atoms with Gasteiger partial charge in [0.25, 0.3) is 0 Å². The number of hydrogen-bond donors (Lipinski definition) is 0. The van der Waals surface area contributed by atoms with E-state index in [0.29, 0.717) is 18.6 Å². The van der Waals surface area contributed by atoms with Crippen LogP contribution in [0, 0.1) is 11.3 Å². The van der Waals surface area contributed by atoms with Gasteiger partial charge in [-0.15, -0.1) is 0 Å². The van der Waals surface area contributed by atoms with Crippen LogP contribution in [0.25, 0.3) is 0 Å². The summed E-state index contributed by atoms with van der Waals surface area (Å²) in [6.45, 7) is 7.17. The Morgan fingerprint density at radius 1 is 1.62 bits per heavy atom. The van der Waals surface area contributed by atoms with Crippen molar-refractivity contribution in [2.75, 3.05) is 26.7 Å². The van der Waals surface area contributed by atoms with Crippen LogP contribution in [-0.2, 0) is 0 Å². The van der Waals surface area contributed by atoms with Crippen LogP contribution in [0.2, 0.25) is 0 Å². The van der Waals surface area contributed by atoms with Crippen LogP contribution in [0.1, 0.15) is 20.3 Å². The Kier molecular flexibility index (Phi) is 3.71. The largest absolute Gasteiger partial charge is 0.305 e. The van der Waals surface area contributed by atoms with Crippen molar-refractivity contribution in [1.82, 2.24) is 9.80 Å². The minimum absolute atomic E-state index is 0.483. The normalized spacial score (nSPS) is 24.2. The second-order valence-electron chi connectivity index (χ2n) is 4.13. The van der Waals surface area contributed by atoms with Crippen molar-refractivity contribution in [2.24, 2.45) is 0 Å². The average molecular weight is 181 g/mol. The molecule has 0 bridgehead atoms. The molecule has 1 atom stereocenters. The molecule has 13 heavy (non-hydrogen) atoms. The third-order valence-corrected chi connectivity index (χ3v) is 2.75. The van der Waals surface area contributed by atoms with Gasteiger partial charge in [0, 0.05) is 18.6 Å². The Balaban J connectivity index is 2.50. The van der Waals surface area contributed by atoms with E-state index in [1.54, 1.807) is 0 Å². The standard InChI is InChI=1S/C10H19N3/c1-9(2)13(7-5-11)10-4-6-12(3)8-10/h9-10H,4,6-8H2,1-3H3. The quantitative estimate of drug-likeness (QED) is 0.607. The summed E-state index contributed by atoms with van der Waals surface area (Å²) in [5.41, 5.74) is 0. The molecule has 1 fully saturated rings. The van der Waals surface area contributed by atoms with Crippen molar-refractivity contribution in [2.45, 2.75) is 32.4 Å². The van der Waals surface area contributed by atoms with Gasteiger partial charge in [0.15, 0.2) is 0 Å². The monoisotopic (exact) mass is 181 g/mol. The number of likely N-dealkylation sites (N-methyl/N-ethyl adjacent to an activating group) is 1. The lowest BCUT2D eigenvalue weighted by molar-refractivity contribution is 0.177. The van der Waals surface area contributed by atoms with E-state index >= 15 is 0 Å². The highest BCUT2D eigenvalue weighted by atomic mass is 15.3. The summed E-state index contributed by atoms with van der Waals surface area (Å²) < 4.78 is 0. The minimum Gasteiger partial charge on any atom is -0.305 e. The van der Waals surface area contributed by atoms with Crippen molar-refractivity contribution in [3.8, 4) is 6.07 Å². The number of nitriles is 1. The summed E-state index contributed by atoms with van der Waals surface area (Å²) in [7, 11) is 2.14. The molecule has 1 unspecified atom stereocenters. The Morgan fingerprint density at radius 3 is 2.69 bits per heavy atom. The van der Waals surface area contributed by atoms with Crippen molar-refractivity contribution in [3.63, 3.8) is 0 Å². The van der Waals surface area contributed by atoms with Gasteiger partial charge in [-0.3, -0.25) is 4.90 Å². The third kappa shape index (κ3) is 2.68. The van der Waals surface area contributed by atoms with Gasteiger partial charge >= 0.3 is 0 Å². The van der Waals surface area contributed by atoms with Crippen LogP contribution in [0.15, 0.2) is 0 Å². The molecular weight excluding hydrogens is 162 g/mol. The number of nitrogens with zero attached hydrogens (tertiary/aromatic N) is 3. The molecule has 0 saturated carbocycles. The third-order valence-electron chi connectivity index (χ3n) is 2.75. The first-order valence-corrected chi connectivity index (χ1v) is 4.96. The molecular formula is C10H19N3. The van der Waals surface area contributed by atoms with E-state index in [-0.39, 0.29) is 0 Å². The highest BCUT2D eigenvalue weighted by Gasteiger charge is 2.26. The first-order valence-electron chi connectivity index (χ1n) is 4.96. The van der Waals surface area contributed by atoms with Gasteiger partial charge in [0.2, 0.25) is 0 Å². The molecule has 0 aromatic rings. The minimum atomic E-state index is 0.483. The van der Waals surface area contributed by atoms with Gasteiger partial charge in [-0.2, -0.15) is 5.26 Å². The lowest BCUT2D eigenvalue weighted by Gasteiger charge is -2.29. The van der Waals surface area contributed by atoms with Crippen molar-refractivity contribution in [3.05, 3.63) is 0 Å². The zero-order chi connectivity index (χ0) is 9.84.